The Morgan fingerprint density at radius 3 is 2.53 bits per heavy atom. The second-order valence-corrected chi connectivity index (χ2v) is 5.83. The molecule has 86 valence electrons. The summed E-state index contributed by atoms with van der Waals surface area (Å²) >= 11 is 7.03. The van der Waals surface area contributed by atoms with E-state index in [1.54, 1.807) is 0 Å². The van der Waals surface area contributed by atoms with E-state index in [-0.39, 0.29) is 28.4 Å². The first-order valence-electron chi connectivity index (χ1n) is 5.06. The van der Waals surface area contributed by atoms with Gasteiger partial charge in [0.1, 0.15) is 0 Å². The van der Waals surface area contributed by atoms with E-state index in [0.717, 1.165) is 0 Å². The molecule has 3 nitrogen and oxygen atoms in total. The monoisotopic (exact) mass is 249 g/mol. The van der Waals surface area contributed by atoms with Crippen LogP contribution in [-0.2, 0) is 4.79 Å². The van der Waals surface area contributed by atoms with Crippen molar-refractivity contribution in [3.8, 4) is 0 Å². The summed E-state index contributed by atoms with van der Waals surface area (Å²) in [4.78, 5) is 24.8. The highest BCUT2D eigenvalue weighted by atomic mass is 35.5. The lowest BCUT2D eigenvalue weighted by molar-refractivity contribution is -0.130. The van der Waals surface area contributed by atoms with Crippen LogP contribution < -0.4 is 0 Å². The fraction of sp³-hybridized carbons (Fsp3) is 0.800. The second kappa shape index (κ2) is 5.21. The maximum absolute atomic E-state index is 11.8. The van der Waals surface area contributed by atoms with Crippen LogP contribution in [0.25, 0.3) is 0 Å². The van der Waals surface area contributed by atoms with E-state index in [1.165, 1.54) is 16.7 Å². The number of imide groups is 1. The number of halogens is 1. The van der Waals surface area contributed by atoms with Crippen molar-refractivity contribution < 1.29 is 9.59 Å². The quantitative estimate of drug-likeness (QED) is 0.722. The van der Waals surface area contributed by atoms with Crippen LogP contribution in [0.15, 0.2) is 0 Å². The minimum atomic E-state index is -0.174. The Hall–Kier alpha value is -0.220. The summed E-state index contributed by atoms with van der Waals surface area (Å²) in [6, 6.07) is -0.174. The van der Waals surface area contributed by atoms with Crippen LogP contribution in [0.1, 0.15) is 27.2 Å². The Balaban J connectivity index is 2.83. The molecule has 0 N–H and O–H groups in total. The predicted molar refractivity (Wildman–Crippen MR) is 63.3 cm³/mol. The maximum Gasteiger partial charge on any atom is 0.288 e. The summed E-state index contributed by atoms with van der Waals surface area (Å²) < 4.78 is 0. The molecule has 1 fully saturated rings. The second-order valence-electron chi connectivity index (χ2n) is 4.13. The van der Waals surface area contributed by atoms with Gasteiger partial charge in [0.2, 0.25) is 5.91 Å². The van der Waals surface area contributed by atoms with Crippen molar-refractivity contribution in [1.29, 1.82) is 0 Å². The SMILES string of the molecule is CC(C)[C@@H](CCl)N1C(=O)C[C@@H](C)SC1=O. The van der Waals surface area contributed by atoms with Gasteiger partial charge in [0, 0.05) is 17.6 Å². The van der Waals surface area contributed by atoms with Crippen LogP contribution in [0, 0.1) is 5.92 Å². The first-order chi connectivity index (χ1) is 6.97. The third-order valence-corrected chi connectivity index (χ3v) is 3.77. The first kappa shape index (κ1) is 12.8. The minimum Gasteiger partial charge on any atom is -0.274 e. The summed E-state index contributed by atoms with van der Waals surface area (Å²) in [6.45, 7) is 5.83. The van der Waals surface area contributed by atoms with Crippen LogP contribution in [-0.4, -0.2) is 33.2 Å². The standard InChI is InChI=1S/C10H16ClNO2S/c1-6(2)8(5-11)12-9(13)4-7(3)15-10(12)14/h6-8H,4-5H2,1-3H3/t7-,8-/m1/s1. The molecule has 2 amide bonds. The molecule has 0 spiro atoms. The molecule has 1 aliphatic heterocycles. The predicted octanol–water partition coefficient (Wildman–Crippen LogP) is 2.72. The van der Waals surface area contributed by atoms with Gasteiger partial charge in [-0.2, -0.15) is 0 Å². The third kappa shape index (κ3) is 2.88. The van der Waals surface area contributed by atoms with Gasteiger partial charge in [-0.05, 0) is 5.92 Å². The van der Waals surface area contributed by atoms with Gasteiger partial charge < -0.3 is 0 Å². The van der Waals surface area contributed by atoms with Gasteiger partial charge in [-0.15, -0.1) is 11.6 Å². The molecule has 0 aromatic rings. The average Bonchev–Trinajstić information content (AvgIpc) is 2.09. The molecule has 1 aliphatic rings. The van der Waals surface area contributed by atoms with E-state index in [2.05, 4.69) is 0 Å². The van der Waals surface area contributed by atoms with Crippen LogP contribution in [0.3, 0.4) is 0 Å². The topological polar surface area (TPSA) is 37.4 Å². The van der Waals surface area contributed by atoms with E-state index < -0.39 is 0 Å². The summed E-state index contributed by atoms with van der Waals surface area (Å²) in [5.41, 5.74) is 0. The Kier molecular flexibility index (Phi) is 4.46. The largest absolute Gasteiger partial charge is 0.288 e. The van der Waals surface area contributed by atoms with Crippen molar-refractivity contribution in [2.24, 2.45) is 5.92 Å². The van der Waals surface area contributed by atoms with Crippen molar-refractivity contribution in [1.82, 2.24) is 4.90 Å². The van der Waals surface area contributed by atoms with Gasteiger partial charge in [-0.3, -0.25) is 14.5 Å². The molecule has 1 saturated heterocycles. The zero-order valence-corrected chi connectivity index (χ0v) is 10.8. The highest BCUT2D eigenvalue weighted by Crippen LogP contribution is 2.29. The number of carbonyl (C=O) groups excluding carboxylic acids is 2. The minimum absolute atomic E-state index is 0.0874. The normalized spacial score (nSPS) is 24.9. The first-order valence-corrected chi connectivity index (χ1v) is 6.47. The Labute approximate surface area is 99.5 Å². The van der Waals surface area contributed by atoms with Crippen LogP contribution in [0.2, 0.25) is 0 Å². The zero-order chi connectivity index (χ0) is 11.6. The average molecular weight is 250 g/mol. The molecule has 0 aliphatic carbocycles. The molecular weight excluding hydrogens is 234 g/mol. The number of amides is 2. The summed E-state index contributed by atoms with van der Waals surface area (Å²) in [5.74, 6) is 0.416. The van der Waals surface area contributed by atoms with Crippen LogP contribution >= 0.6 is 23.4 Å². The van der Waals surface area contributed by atoms with E-state index >= 15 is 0 Å². The van der Waals surface area contributed by atoms with Gasteiger partial charge >= 0.3 is 0 Å². The summed E-state index contributed by atoms with van der Waals surface area (Å²) in [7, 11) is 0. The Bertz CT molecular complexity index is 252. The fourth-order valence-corrected chi connectivity index (χ4v) is 3.00. The number of thioether (sulfide) groups is 1. The molecule has 0 bridgehead atoms. The lowest BCUT2D eigenvalue weighted by Gasteiger charge is -2.35. The molecule has 1 heterocycles. The number of nitrogens with zero attached hydrogens (tertiary/aromatic N) is 1. The number of carbonyl (C=O) groups is 2. The molecular formula is C10H16ClNO2S. The molecule has 1 rings (SSSR count). The van der Waals surface area contributed by atoms with Gasteiger partial charge in [0.25, 0.3) is 5.24 Å². The molecule has 0 aromatic heterocycles. The molecule has 15 heavy (non-hydrogen) atoms. The summed E-state index contributed by atoms with van der Waals surface area (Å²) in [6.07, 6.45) is 0.427. The lowest BCUT2D eigenvalue weighted by Crippen LogP contribution is -2.50. The Morgan fingerprint density at radius 1 is 1.53 bits per heavy atom. The molecule has 2 atom stereocenters. The molecule has 0 saturated carbocycles. The highest BCUT2D eigenvalue weighted by Gasteiger charge is 2.36. The van der Waals surface area contributed by atoms with Crippen LogP contribution in [0.4, 0.5) is 4.79 Å². The summed E-state index contributed by atoms with van der Waals surface area (Å²) in [5, 5.41) is -0.0671. The maximum atomic E-state index is 11.8. The van der Waals surface area contributed by atoms with Crippen molar-refractivity contribution >= 4 is 34.5 Å². The number of hydrogen-bond acceptors (Lipinski definition) is 3. The number of rotatable bonds is 3. The van der Waals surface area contributed by atoms with Crippen molar-refractivity contribution in [2.45, 2.75) is 38.5 Å². The lowest BCUT2D eigenvalue weighted by atomic mass is 10.0. The van der Waals surface area contributed by atoms with Crippen LogP contribution in [0.5, 0.6) is 0 Å². The van der Waals surface area contributed by atoms with E-state index in [1.807, 2.05) is 20.8 Å². The smallest absolute Gasteiger partial charge is 0.274 e. The van der Waals surface area contributed by atoms with Crippen molar-refractivity contribution in [3.63, 3.8) is 0 Å². The van der Waals surface area contributed by atoms with Gasteiger partial charge in [0.05, 0.1) is 6.04 Å². The zero-order valence-electron chi connectivity index (χ0n) is 9.20. The van der Waals surface area contributed by atoms with Gasteiger partial charge in [-0.25, -0.2) is 0 Å². The fourth-order valence-electron chi connectivity index (χ4n) is 1.58. The van der Waals surface area contributed by atoms with Crippen molar-refractivity contribution in [2.75, 3.05) is 5.88 Å². The Morgan fingerprint density at radius 2 is 2.13 bits per heavy atom. The van der Waals surface area contributed by atoms with E-state index in [4.69, 9.17) is 11.6 Å². The number of hydrogen-bond donors (Lipinski definition) is 0. The molecule has 0 radical (unpaired) electrons. The highest BCUT2D eigenvalue weighted by molar-refractivity contribution is 8.14. The molecule has 0 aromatic carbocycles. The van der Waals surface area contributed by atoms with E-state index in [0.29, 0.717) is 12.3 Å². The van der Waals surface area contributed by atoms with E-state index in [9.17, 15) is 9.59 Å². The van der Waals surface area contributed by atoms with Gasteiger partial charge in [0.15, 0.2) is 0 Å². The third-order valence-electron chi connectivity index (χ3n) is 2.49. The molecule has 5 heteroatoms. The van der Waals surface area contributed by atoms with Gasteiger partial charge in [-0.1, -0.05) is 32.5 Å². The number of alkyl halides is 1. The molecule has 0 unspecified atom stereocenters. The van der Waals surface area contributed by atoms with Crippen molar-refractivity contribution in [3.05, 3.63) is 0 Å².